The van der Waals surface area contributed by atoms with Crippen molar-refractivity contribution in [1.29, 1.82) is 0 Å². The molecule has 0 amide bonds. The highest BCUT2D eigenvalue weighted by molar-refractivity contribution is 4.56. The van der Waals surface area contributed by atoms with Crippen molar-refractivity contribution in [2.45, 2.75) is 91.0 Å². The Balaban J connectivity index is 3.32. The summed E-state index contributed by atoms with van der Waals surface area (Å²) in [5.74, 6) is 0. The van der Waals surface area contributed by atoms with Crippen molar-refractivity contribution >= 4 is 0 Å². The lowest BCUT2D eigenvalue weighted by molar-refractivity contribution is -0.0631. The molecule has 0 N–H and O–H groups in total. The van der Waals surface area contributed by atoms with Crippen molar-refractivity contribution in [2.75, 3.05) is 19.8 Å². The molecular weight excluding hydrogens is 264 g/mol. The molecule has 0 aromatic heterocycles. The number of unbranched alkanes of at least 4 members (excludes halogenated alkanes) is 6. The maximum absolute atomic E-state index is 5.77. The van der Waals surface area contributed by atoms with Gasteiger partial charge in [-0.05, 0) is 34.1 Å². The molecule has 0 saturated carbocycles. The second-order valence-corrected chi connectivity index (χ2v) is 6.09. The van der Waals surface area contributed by atoms with Crippen molar-refractivity contribution in [2.24, 2.45) is 0 Å². The van der Waals surface area contributed by atoms with Gasteiger partial charge in [0.1, 0.15) is 0 Å². The third-order valence-electron chi connectivity index (χ3n) is 3.38. The maximum Gasteiger partial charge on any atom is 0.0781 e. The molecule has 0 rings (SSSR count). The Bertz CT molecular complexity index is 207. The van der Waals surface area contributed by atoms with E-state index in [-0.39, 0.29) is 18.3 Å². The van der Waals surface area contributed by atoms with E-state index in [1.165, 1.54) is 38.5 Å². The Kier molecular flexibility index (Phi) is 14.7. The van der Waals surface area contributed by atoms with Crippen LogP contribution < -0.4 is 0 Å². The zero-order valence-corrected chi connectivity index (χ0v) is 14.7. The highest BCUT2D eigenvalue weighted by Crippen LogP contribution is 2.07. The van der Waals surface area contributed by atoms with E-state index in [1.807, 2.05) is 13.8 Å². The highest BCUT2D eigenvalue weighted by atomic mass is 16.6. The molecule has 0 fully saturated rings. The van der Waals surface area contributed by atoms with Crippen molar-refractivity contribution in [1.82, 2.24) is 0 Å². The van der Waals surface area contributed by atoms with Gasteiger partial charge in [-0.2, -0.15) is 0 Å². The van der Waals surface area contributed by atoms with Gasteiger partial charge in [0.2, 0.25) is 0 Å². The third kappa shape index (κ3) is 16.1. The van der Waals surface area contributed by atoms with Gasteiger partial charge in [0.15, 0.2) is 0 Å². The van der Waals surface area contributed by atoms with Crippen molar-refractivity contribution in [3.8, 4) is 0 Å². The molecule has 0 aromatic rings. The molecule has 127 valence electrons. The number of rotatable bonds is 15. The fourth-order valence-corrected chi connectivity index (χ4v) is 2.04. The molecule has 0 aromatic carbocycles. The molecule has 3 unspecified atom stereocenters. The topological polar surface area (TPSA) is 27.7 Å². The van der Waals surface area contributed by atoms with Crippen molar-refractivity contribution in [3.05, 3.63) is 6.92 Å². The van der Waals surface area contributed by atoms with Gasteiger partial charge in [-0.3, -0.25) is 0 Å². The first-order chi connectivity index (χ1) is 10.1. The predicted molar refractivity (Wildman–Crippen MR) is 89.6 cm³/mol. The Hall–Kier alpha value is -0.120. The molecule has 0 spiro atoms. The van der Waals surface area contributed by atoms with Gasteiger partial charge in [-0.25, -0.2) is 0 Å². The van der Waals surface area contributed by atoms with Gasteiger partial charge in [0.25, 0.3) is 0 Å². The van der Waals surface area contributed by atoms with Crippen LogP contribution in [0.1, 0.15) is 72.6 Å². The molecular formula is C18H37O3. The predicted octanol–water partition coefficient (Wildman–Crippen LogP) is 4.79. The van der Waals surface area contributed by atoms with Gasteiger partial charge < -0.3 is 14.2 Å². The van der Waals surface area contributed by atoms with Crippen molar-refractivity contribution < 1.29 is 14.2 Å². The summed E-state index contributed by atoms with van der Waals surface area (Å²) < 4.78 is 16.9. The van der Waals surface area contributed by atoms with E-state index in [0.29, 0.717) is 13.2 Å². The van der Waals surface area contributed by atoms with Crippen LogP contribution in [0.5, 0.6) is 0 Å². The lowest BCUT2D eigenvalue weighted by atomic mass is 10.1. The summed E-state index contributed by atoms with van der Waals surface area (Å²) in [6.07, 6.45) is 9.49. The normalized spacial score (nSPS) is 14.6. The highest BCUT2D eigenvalue weighted by Gasteiger charge is 2.08. The quantitative estimate of drug-likeness (QED) is 0.407. The molecule has 0 heterocycles. The minimum absolute atomic E-state index is 0.0158. The molecule has 21 heavy (non-hydrogen) atoms. The molecule has 3 atom stereocenters. The summed E-state index contributed by atoms with van der Waals surface area (Å²) in [4.78, 5) is 0. The van der Waals surface area contributed by atoms with Crippen LogP contribution in [0.25, 0.3) is 0 Å². The van der Waals surface area contributed by atoms with Gasteiger partial charge in [0, 0.05) is 6.61 Å². The van der Waals surface area contributed by atoms with Crippen molar-refractivity contribution in [3.63, 3.8) is 0 Å². The molecule has 0 aliphatic carbocycles. The molecule has 0 saturated heterocycles. The van der Waals surface area contributed by atoms with Crippen LogP contribution in [-0.2, 0) is 14.2 Å². The van der Waals surface area contributed by atoms with E-state index in [0.717, 1.165) is 13.0 Å². The molecule has 0 aliphatic rings. The van der Waals surface area contributed by atoms with Crippen LogP contribution in [0.2, 0.25) is 0 Å². The summed E-state index contributed by atoms with van der Waals surface area (Å²) in [7, 11) is 0. The second kappa shape index (κ2) is 14.8. The number of hydrogen-bond acceptors (Lipinski definition) is 3. The second-order valence-electron chi connectivity index (χ2n) is 6.09. The Morgan fingerprint density at radius 3 is 1.86 bits per heavy atom. The number of ether oxygens (including phenoxy) is 3. The Labute approximate surface area is 132 Å². The average Bonchev–Trinajstić information content (AvgIpc) is 2.45. The van der Waals surface area contributed by atoms with E-state index in [2.05, 4.69) is 20.8 Å². The van der Waals surface area contributed by atoms with Crippen LogP contribution >= 0.6 is 0 Å². The first kappa shape index (κ1) is 20.9. The van der Waals surface area contributed by atoms with E-state index in [9.17, 15) is 0 Å². The lowest BCUT2D eigenvalue weighted by Crippen LogP contribution is -2.24. The zero-order chi connectivity index (χ0) is 15.9. The standard InChI is InChI=1S/C18H37O3/c1-6-7-8-9-10-11-12-13-19-17(4)15-21-18(5)14-20-16(2)3/h16-18H,2,6-15H2,1,3-5H3. The average molecular weight is 301 g/mol. The largest absolute Gasteiger partial charge is 0.376 e. The minimum Gasteiger partial charge on any atom is -0.376 e. The number of hydrogen-bond donors (Lipinski definition) is 0. The first-order valence-corrected chi connectivity index (χ1v) is 8.74. The third-order valence-corrected chi connectivity index (χ3v) is 3.38. The maximum atomic E-state index is 5.77. The first-order valence-electron chi connectivity index (χ1n) is 8.74. The molecule has 0 aliphatic heterocycles. The lowest BCUT2D eigenvalue weighted by Gasteiger charge is -2.18. The van der Waals surface area contributed by atoms with Gasteiger partial charge in [0.05, 0.1) is 31.5 Å². The minimum atomic E-state index is 0.0158. The van der Waals surface area contributed by atoms with E-state index >= 15 is 0 Å². The van der Waals surface area contributed by atoms with E-state index in [4.69, 9.17) is 14.2 Å². The molecule has 1 radical (unpaired) electrons. The summed E-state index contributed by atoms with van der Waals surface area (Å²) in [6.45, 7) is 14.1. The van der Waals surface area contributed by atoms with E-state index < -0.39 is 0 Å². The van der Waals surface area contributed by atoms with Crippen LogP contribution in [0.3, 0.4) is 0 Å². The monoisotopic (exact) mass is 301 g/mol. The summed E-state index contributed by atoms with van der Waals surface area (Å²) in [5, 5.41) is 0. The molecule has 0 bridgehead atoms. The molecule has 3 nitrogen and oxygen atoms in total. The van der Waals surface area contributed by atoms with Crippen LogP contribution in [-0.4, -0.2) is 38.1 Å². The van der Waals surface area contributed by atoms with Gasteiger partial charge in [-0.1, -0.05) is 45.4 Å². The van der Waals surface area contributed by atoms with Crippen LogP contribution in [0.4, 0.5) is 0 Å². The Morgan fingerprint density at radius 2 is 1.24 bits per heavy atom. The molecule has 3 heteroatoms. The fraction of sp³-hybridized carbons (Fsp3) is 0.944. The van der Waals surface area contributed by atoms with Gasteiger partial charge >= 0.3 is 0 Å². The fourth-order valence-electron chi connectivity index (χ4n) is 2.04. The Morgan fingerprint density at radius 1 is 0.714 bits per heavy atom. The van der Waals surface area contributed by atoms with Crippen LogP contribution in [0.15, 0.2) is 0 Å². The summed E-state index contributed by atoms with van der Waals surface area (Å²) >= 11 is 0. The van der Waals surface area contributed by atoms with Gasteiger partial charge in [-0.15, -0.1) is 0 Å². The zero-order valence-electron chi connectivity index (χ0n) is 14.7. The summed E-state index contributed by atoms with van der Waals surface area (Å²) in [5.41, 5.74) is 0. The SMILES string of the molecule is [CH2]C(C)OCC(C)OCC(C)OCCCCCCCCC. The smallest absolute Gasteiger partial charge is 0.0781 e. The van der Waals surface area contributed by atoms with Crippen LogP contribution in [0, 0.1) is 6.92 Å². The van der Waals surface area contributed by atoms with E-state index in [1.54, 1.807) is 0 Å². The summed E-state index contributed by atoms with van der Waals surface area (Å²) in [6, 6.07) is 0.